The molecule has 2 aliphatic heterocycles. The predicted octanol–water partition coefficient (Wildman–Crippen LogP) is 5.60. The standard InChI is InChI=1S/C19H21N5O.C17H15FN4O.C2H7N/c1-10-9-20-19(25)13-8-15(22-16(10)13)12-6-5-7-14-17(12)23-18(24(3)4)11(2)21-14;1-8-7-19-17(23)11-6-13(21-14(8)11)10-4-3-5-12-15(10)22-16(18)9(2)20-12;1-3-2/h5-8,10,22H,9H2,1-4H3,(H,20,25);3-6,8,21H,7H2,1-2H3,(H,19,23);3H,1-2H3. The summed E-state index contributed by atoms with van der Waals surface area (Å²) in [5, 5.41) is 8.54. The number of hydrogen-bond acceptors (Lipinski definition) is 8. The van der Waals surface area contributed by atoms with Gasteiger partial charge in [-0.3, -0.25) is 9.59 Å². The molecule has 2 aromatic carbocycles. The summed E-state index contributed by atoms with van der Waals surface area (Å²) in [4.78, 5) is 50.7. The molecule has 264 valence electrons. The van der Waals surface area contributed by atoms with Crippen LogP contribution in [0.5, 0.6) is 0 Å². The van der Waals surface area contributed by atoms with Gasteiger partial charge in [0.1, 0.15) is 16.9 Å². The number of para-hydroxylation sites is 2. The maximum Gasteiger partial charge on any atom is 0.253 e. The van der Waals surface area contributed by atoms with Crippen molar-refractivity contribution in [1.29, 1.82) is 0 Å². The zero-order valence-electron chi connectivity index (χ0n) is 30.1. The number of carbonyl (C=O) groups excluding carboxylic acids is 2. The summed E-state index contributed by atoms with van der Waals surface area (Å²) >= 11 is 0. The van der Waals surface area contributed by atoms with E-state index in [-0.39, 0.29) is 29.3 Å². The number of fused-ring (bicyclic) bond motifs is 4. The minimum atomic E-state index is -0.576. The third-order valence-corrected chi connectivity index (χ3v) is 8.97. The largest absolute Gasteiger partial charge is 0.361 e. The molecule has 6 aromatic rings. The van der Waals surface area contributed by atoms with Crippen LogP contribution >= 0.6 is 0 Å². The van der Waals surface area contributed by atoms with Gasteiger partial charge in [0.2, 0.25) is 5.95 Å². The number of rotatable bonds is 3. The Morgan fingerprint density at radius 3 is 1.61 bits per heavy atom. The zero-order valence-corrected chi connectivity index (χ0v) is 30.1. The number of carbonyl (C=O) groups is 2. The highest BCUT2D eigenvalue weighted by molar-refractivity contribution is 6.01. The molecule has 6 heterocycles. The number of nitrogens with one attached hydrogen (secondary N) is 5. The van der Waals surface area contributed by atoms with Crippen molar-refractivity contribution in [2.75, 3.05) is 46.2 Å². The molecule has 0 aliphatic carbocycles. The highest BCUT2D eigenvalue weighted by Crippen LogP contribution is 2.34. The zero-order chi connectivity index (χ0) is 36.6. The molecule has 5 N–H and O–H groups in total. The number of aryl methyl sites for hydroxylation is 2. The van der Waals surface area contributed by atoms with Crippen molar-refractivity contribution in [1.82, 2.24) is 45.9 Å². The van der Waals surface area contributed by atoms with Gasteiger partial charge in [-0.25, -0.2) is 19.9 Å². The van der Waals surface area contributed by atoms with Crippen LogP contribution in [0.25, 0.3) is 44.6 Å². The molecule has 8 rings (SSSR count). The van der Waals surface area contributed by atoms with Gasteiger partial charge in [0, 0.05) is 72.9 Å². The summed E-state index contributed by atoms with van der Waals surface area (Å²) < 4.78 is 13.8. The smallest absolute Gasteiger partial charge is 0.253 e. The number of anilines is 1. The molecule has 2 atom stereocenters. The third kappa shape index (κ3) is 6.76. The first-order valence-corrected chi connectivity index (χ1v) is 16.9. The Morgan fingerprint density at radius 1 is 0.706 bits per heavy atom. The van der Waals surface area contributed by atoms with E-state index >= 15 is 0 Å². The Hall–Kier alpha value is -5.69. The second-order valence-electron chi connectivity index (χ2n) is 13.2. The summed E-state index contributed by atoms with van der Waals surface area (Å²) in [7, 11) is 7.68. The lowest BCUT2D eigenvalue weighted by Crippen LogP contribution is -2.33. The van der Waals surface area contributed by atoms with Crippen LogP contribution in [0.15, 0.2) is 48.5 Å². The number of H-pyrrole nitrogens is 2. The Labute approximate surface area is 295 Å². The number of hydrogen-bond donors (Lipinski definition) is 5. The Kier molecular flexibility index (Phi) is 9.84. The average molecular weight is 691 g/mol. The maximum absolute atomic E-state index is 13.8. The lowest BCUT2D eigenvalue weighted by atomic mass is 9.99. The molecule has 0 bridgehead atoms. The summed E-state index contributed by atoms with van der Waals surface area (Å²) in [5.41, 5.74) is 10.6. The maximum atomic E-state index is 13.8. The van der Waals surface area contributed by atoms with Crippen LogP contribution in [0.1, 0.15) is 69.2 Å². The number of benzene rings is 2. The van der Waals surface area contributed by atoms with E-state index in [1.165, 1.54) is 0 Å². The molecule has 4 aromatic heterocycles. The summed E-state index contributed by atoms with van der Waals surface area (Å²) in [6.07, 6.45) is 0. The van der Waals surface area contributed by atoms with Gasteiger partial charge >= 0.3 is 0 Å². The van der Waals surface area contributed by atoms with Crippen molar-refractivity contribution in [2.24, 2.45) is 0 Å². The van der Waals surface area contributed by atoms with Crippen LogP contribution in [0.3, 0.4) is 0 Å². The molecular weight excluding hydrogens is 647 g/mol. The lowest BCUT2D eigenvalue weighted by Gasteiger charge is -2.18. The molecule has 12 nitrogen and oxygen atoms in total. The molecule has 0 saturated heterocycles. The van der Waals surface area contributed by atoms with E-state index in [0.29, 0.717) is 29.7 Å². The fourth-order valence-electron chi connectivity index (χ4n) is 6.43. The van der Waals surface area contributed by atoms with E-state index in [1.54, 1.807) is 19.1 Å². The van der Waals surface area contributed by atoms with Gasteiger partial charge < -0.3 is 30.8 Å². The molecule has 2 unspecified atom stereocenters. The molecule has 51 heavy (non-hydrogen) atoms. The first-order chi connectivity index (χ1) is 24.4. The summed E-state index contributed by atoms with van der Waals surface area (Å²) in [6.45, 7) is 8.97. The monoisotopic (exact) mass is 690 g/mol. The summed E-state index contributed by atoms with van der Waals surface area (Å²) in [5.74, 6) is 0.633. The molecule has 0 radical (unpaired) electrons. The first kappa shape index (κ1) is 35.1. The van der Waals surface area contributed by atoms with Gasteiger partial charge in [-0.15, -0.1) is 0 Å². The Morgan fingerprint density at radius 2 is 1.16 bits per heavy atom. The number of amides is 2. The first-order valence-electron chi connectivity index (χ1n) is 16.9. The highest BCUT2D eigenvalue weighted by atomic mass is 19.1. The fourth-order valence-corrected chi connectivity index (χ4v) is 6.43. The van der Waals surface area contributed by atoms with Gasteiger partial charge in [0.25, 0.3) is 11.8 Å². The molecule has 2 amide bonds. The van der Waals surface area contributed by atoms with E-state index < -0.39 is 5.95 Å². The van der Waals surface area contributed by atoms with E-state index in [1.807, 2.05) is 83.3 Å². The van der Waals surface area contributed by atoms with Crippen LogP contribution in [-0.4, -0.2) is 83.0 Å². The molecule has 0 fully saturated rings. The SMILES string of the molecule is CNC.Cc1nc2cccc(-c3cc4c([nH]3)C(C)CNC4=O)c2nc1F.Cc1nc2cccc(-c3cc4c([nH]3)C(C)CNC4=O)c2nc1N(C)C. The predicted molar refractivity (Wildman–Crippen MR) is 199 cm³/mol. The number of nitrogens with zero attached hydrogens (tertiary/aromatic N) is 5. The molecule has 2 aliphatic rings. The average Bonchev–Trinajstić information content (AvgIpc) is 3.76. The van der Waals surface area contributed by atoms with Crippen LogP contribution in [0, 0.1) is 19.8 Å². The van der Waals surface area contributed by atoms with E-state index in [4.69, 9.17) is 9.97 Å². The van der Waals surface area contributed by atoms with Gasteiger partial charge in [-0.2, -0.15) is 4.39 Å². The molecule has 13 heteroatoms. The number of aromatic nitrogens is 6. The topological polar surface area (TPSA) is 157 Å². The van der Waals surface area contributed by atoms with Crippen molar-refractivity contribution in [3.63, 3.8) is 0 Å². The van der Waals surface area contributed by atoms with Gasteiger partial charge in [-0.1, -0.05) is 38.1 Å². The van der Waals surface area contributed by atoms with Crippen LogP contribution in [0.4, 0.5) is 10.2 Å². The van der Waals surface area contributed by atoms with E-state index in [9.17, 15) is 14.0 Å². The second kappa shape index (κ2) is 14.3. The van der Waals surface area contributed by atoms with Crippen molar-refractivity contribution >= 4 is 39.7 Å². The Bertz CT molecular complexity index is 2270. The normalized spacial score (nSPS) is 16.3. The second-order valence-corrected chi connectivity index (χ2v) is 13.2. The number of aromatic amines is 2. The van der Waals surface area contributed by atoms with E-state index in [2.05, 4.69) is 42.8 Å². The van der Waals surface area contributed by atoms with Crippen LogP contribution < -0.4 is 20.9 Å². The lowest BCUT2D eigenvalue weighted by molar-refractivity contribution is 0.0933. The van der Waals surface area contributed by atoms with Gasteiger partial charge in [0.15, 0.2) is 0 Å². The minimum absolute atomic E-state index is 0.0215. The van der Waals surface area contributed by atoms with E-state index in [0.717, 1.165) is 62.0 Å². The Balaban J connectivity index is 0.000000164. The van der Waals surface area contributed by atoms with Gasteiger partial charge in [-0.05, 0) is 52.2 Å². The van der Waals surface area contributed by atoms with Crippen molar-refractivity contribution < 1.29 is 14.0 Å². The summed E-state index contributed by atoms with van der Waals surface area (Å²) in [6, 6.07) is 15.2. The quantitative estimate of drug-likeness (QED) is 0.161. The van der Waals surface area contributed by atoms with Crippen LogP contribution in [-0.2, 0) is 0 Å². The molecule has 0 spiro atoms. The third-order valence-electron chi connectivity index (χ3n) is 8.97. The van der Waals surface area contributed by atoms with Gasteiger partial charge in [0.05, 0.1) is 33.5 Å². The molecular formula is C38H43FN10O2. The molecule has 0 saturated carbocycles. The van der Waals surface area contributed by atoms with Crippen molar-refractivity contribution in [3.8, 4) is 22.5 Å². The number of halogens is 1. The minimum Gasteiger partial charge on any atom is -0.361 e. The van der Waals surface area contributed by atoms with Crippen molar-refractivity contribution in [3.05, 3.63) is 88.4 Å². The fraction of sp³-hybridized carbons (Fsp3) is 0.316. The van der Waals surface area contributed by atoms with Crippen molar-refractivity contribution in [2.45, 2.75) is 39.5 Å². The van der Waals surface area contributed by atoms with Crippen LogP contribution in [0.2, 0.25) is 0 Å². The highest BCUT2D eigenvalue weighted by Gasteiger charge is 2.27.